The van der Waals surface area contributed by atoms with Crippen LogP contribution in [0.15, 0.2) is 35.5 Å². The minimum absolute atomic E-state index is 0.0205. The fourth-order valence-corrected chi connectivity index (χ4v) is 8.14. The van der Waals surface area contributed by atoms with Gasteiger partial charge in [-0.1, -0.05) is 38.5 Å². The third-order valence-corrected chi connectivity index (χ3v) is 10.2. The zero-order valence-corrected chi connectivity index (χ0v) is 18.9. The molecule has 4 aliphatic carbocycles. The minimum atomic E-state index is -0.226. The summed E-state index contributed by atoms with van der Waals surface area (Å²) in [5.41, 5.74) is 2.70. The van der Waals surface area contributed by atoms with E-state index in [1.54, 1.807) is 0 Å². The second-order valence-electron chi connectivity index (χ2n) is 11.2. The van der Waals surface area contributed by atoms with Gasteiger partial charge in [-0.05, 0) is 87.9 Å². The third kappa shape index (κ3) is 2.29. The van der Waals surface area contributed by atoms with E-state index >= 15 is 0 Å². The lowest BCUT2D eigenvalue weighted by Crippen LogP contribution is -2.59. The fraction of sp³-hybridized carbons (Fsp3) is 0.731. The lowest BCUT2D eigenvalue weighted by atomic mass is 9.41. The highest BCUT2D eigenvalue weighted by Crippen LogP contribution is 2.73. The number of ether oxygens (including phenoxy) is 2. The van der Waals surface area contributed by atoms with E-state index in [2.05, 4.69) is 53.7 Å². The molecule has 0 amide bonds. The Bertz CT molecular complexity index is 852. The van der Waals surface area contributed by atoms with Crippen molar-refractivity contribution in [3.8, 4) is 0 Å². The summed E-state index contributed by atoms with van der Waals surface area (Å²) in [6.07, 6.45) is 13.7. The van der Waals surface area contributed by atoms with Crippen LogP contribution in [0.5, 0.6) is 0 Å². The van der Waals surface area contributed by atoms with Crippen molar-refractivity contribution in [2.45, 2.75) is 91.6 Å². The van der Waals surface area contributed by atoms with Gasteiger partial charge in [0.15, 0.2) is 12.1 Å². The van der Waals surface area contributed by atoms with Crippen molar-refractivity contribution in [1.82, 2.24) is 0 Å². The van der Waals surface area contributed by atoms with Crippen LogP contribution < -0.4 is 0 Å². The van der Waals surface area contributed by atoms with Gasteiger partial charge in [0, 0.05) is 10.8 Å². The van der Waals surface area contributed by atoms with Gasteiger partial charge in [-0.25, -0.2) is 0 Å². The standard InChI is InChI=1S/C26H36O3/c1-7-16(2)22-28-21-15-20-24(4)11-8-17-14-18(27)9-12-23(17,3)19(24)10-13-25(20,5)26(21,6)29-22/h7,9,12,14,19-22H,8,10-11,13,15H2,1-6H3/b16-7+/t19-,20+,21-,22?,23+,24?,25+,26-/m1/s1. The van der Waals surface area contributed by atoms with Crippen LogP contribution in [0.3, 0.4) is 0 Å². The van der Waals surface area contributed by atoms with Gasteiger partial charge in [0.1, 0.15) is 5.60 Å². The molecule has 1 heterocycles. The van der Waals surface area contributed by atoms with Crippen LogP contribution in [-0.4, -0.2) is 23.8 Å². The predicted molar refractivity (Wildman–Crippen MR) is 114 cm³/mol. The Labute approximate surface area is 175 Å². The van der Waals surface area contributed by atoms with Crippen LogP contribution in [-0.2, 0) is 14.3 Å². The molecule has 5 aliphatic rings. The fourth-order valence-electron chi connectivity index (χ4n) is 8.14. The first-order valence-corrected chi connectivity index (χ1v) is 11.5. The zero-order chi connectivity index (χ0) is 20.8. The van der Waals surface area contributed by atoms with Gasteiger partial charge in [-0.3, -0.25) is 4.79 Å². The first-order chi connectivity index (χ1) is 13.6. The largest absolute Gasteiger partial charge is 0.342 e. The third-order valence-electron chi connectivity index (χ3n) is 10.2. The molecule has 3 heteroatoms. The van der Waals surface area contributed by atoms with E-state index in [9.17, 15) is 4.79 Å². The monoisotopic (exact) mass is 396 g/mol. The Morgan fingerprint density at radius 3 is 2.66 bits per heavy atom. The summed E-state index contributed by atoms with van der Waals surface area (Å²) >= 11 is 0. The molecule has 1 saturated heterocycles. The number of carbonyl (C=O) groups excluding carboxylic acids is 1. The molecule has 158 valence electrons. The number of hydrogen-bond donors (Lipinski definition) is 0. The Hall–Kier alpha value is -1.19. The summed E-state index contributed by atoms with van der Waals surface area (Å²) < 4.78 is 13.2. The summed E-state index contributed by atoms with van der Waals surface area (Å²) in [7, 11) is 0. The van der Waals surface area contributed by atoms with Crippen molar-refractivity contribution in [3.05, 3.63) is 35.5 Å². The second-order valence-corrected chi connectivity index (χ2v) is 11.2. The average Bonchev–Trinajstić information content (AvgIpc) is 3.12. The summed E-state index contributed by atoms with van der Waals surface area (Å²) in [5, 5.41) is 0. The molecule has 0 aromatic rings. The van der Waals surface area contributed by atoms with Gasteiger partial charge in [-0.15, -0.1) is 0 Å². The topological polar surface area (TPSA) is 35.5 Å². The molecule has 3 saturated carbocycles. The molecule has 4 fully saturated rings. The van der Waals surface area contributed by atoms with Gasteiger partial charge in [0.05, 0.1) is 6.10 Å². The van der Waals surface area contributed by atoms with Crippen LogP contribution in [0.1, 0.15) is 73.6 Å². The molecule has 1 aliphatic heterocycles. The number of ketones is 1. The quantitative estimate of drug-likeness (QED) is 0.529. The molecular weight excluding hydrogens is 360 g/mol. The Balaban J connectivity index is 1.52. The maximum Gasteiger partial charge on any atom is 0.180 e. The van der Waals surface area contributed by atoms with E-state index in [0.717, 1.165) is 12.8 Å². The van der Waals surface area contributed by atoms with E-state index < -0.39 is 0 Å². The molecule has 29 heavy (non-hydrogen) atoms. The van der Waals surface area contributed by atoms with Crippen molar-refractivity contribution in [1.29, 1.82) is 0 Å². The van der Waals surface area contributed by atoms with Crippen LogP contribution in [0, 0.1) is 28.1 Å². The molecule has 0 spiro atoms. The van der Waals surface area contributed by atoms with E-state index in [-0.39, 0.29) is 40.0 Å². The molecule has 5 rings (SSSR count). The van der Waals surface area contributed by atoms with Crippen LogP contribution in [0.4, 0.5) is 0 Å². The van der Waals surface area contributed by atoms with Gasteiger partial charge >= 0.3 is 0 Å². The van der Waals surface area contributed by atoms with Crippen LogP contribution in [0.25, 0.3) is 0 Å². The smallest absolute Gasteiger partial charge is 0.180 e. The summed E-state index contributed by atoms with van der Waals surface area (Å²) in [5.74, 6) is 1.32. The van der Waals surface area contributed by atoms with Gasteiger partial charge in [0.2, 0.25) is 0 Å². The van der Waals surface area contributed by atoms with E-state index in [4.69, 9.17) is 9.47 Å². The number of allylic oxidation sites excluding steroid dienone is 5. The highest BCUT2D eigenvalue weighted by atomic mass is 16.7. The molecule has 3 nitrogen and oxygen atoms in total. The first kappa shape index (κ1) is 19.8. The SMILES string of the molecule is C/C=C(\C)C1O[C@@H]2C[C@H]3C4(C)CCC5=CC(=O)C=C[C@]5(C)[C@H]4CC[C@]3(C)[C@]2(C)O1. The Kier molecular flexibility index (Phi) is 4.05. The van der Waals surface area contributed by atoms with E-state index in [1.165, 1.54) is 30.4 Å². The predicted octanol–water partition coefficient (Wildman–Crippen LogP) is 5.76. The van der Waals surface area contributed by atoms with Gasteiger partial charge < -0.3 is 9.47 Å². The van der Waals surface area contributed by atoms with E-state index in [0.29, 0.717) is 11.8 Å². The van der Waals surface area contributed by atoms with Crippen molar-refractivity contribution >= 4 is 5.78 Å². The molecule has 0 aromatic heterocycles. The van der Waals surface area contributed by atoms with Crippen LogP contribution >= 0.6 is 0 Å². The highest BCUT2D eigenvalue weighted by Gasteiger charge is 2.72. The normalized spacial score (nSPS) is 53.8. The Morgan fingerprint density at radius 2 is 1.93 bits per heavy atom. The lowest BCUT2D eigenvalue weighted by Gasteiger charge is -2.63. The van der Waals surface area contributed by atoms with Crippen molar-refractivity contribution in [2.75, 3.05) is 0 Å². The number of carbonyl (C=O) groups is 1. The number of fused-ring (bicyclic) bond motifs is 7. The molecular formula is C26H36O3. The van der Waals surface area contributed by atoms with Crippen molar-refractivity contribution < 1.29 is 14.3 Å². The lowest BCUT2D eigenvalue weighted by molar-refractivity contribution is -0.178. The van der Waals surface area contributed by atoms with E-state index in [1.807, 2.05) is 12.2 Å². The van der Waals surface area contributed by atoms with Gasteiger partial charge in [-0.2, -0.15) is 0 Å². The molecule has 2 unspecified atom stereocenters. The van der Waals surface area contributed by atoms with Gasteiger partial charge in [0.25, 0.3) is 0 Å². The first-order valence-electron chi connectivity index (χ1n) is 11.5. The molecule has 8 atom stereocenters. The summed E-state index contributed by atoms with van der Waals surface area (Å²) in [6, 6.07) is 0. The summed E-state index contributed by atoms with van der Waals surface area (Å²) in [6.45, 7) is 13.9. The van der Waals surface area contributed by atoms with Crippen molar-refractivity contribution in [3.63, 3.8) is 0 Å². The Morgan fingerprint density at radius 1 is 1.17 bits per heavy atom. The number of rotatable bonds is 1. The average molecular weight is 397 g/mol. The zero-order valence-electron chi connectivity index (χ0n) is 18.9. The molecule has 0 bridgehead atoms. The van der Waals surface area contributed by atoms with Crippen LogP contribution in [0.2, 0.25) is 0 Å². The maximum absolute atomic E-state index is 12.0. The molecule has 0 aromatic carbocycles. The maximum atomic E-state index is 12.0. The number of hydrogen-bond acceptors (Lipinski definition) is 3. The summed E-state index contributed by atoms with van der Waals surface area (Å²) in [4.78, 5) is 12.0. The molecule has 0 N–H and O–H groups in total. The minimum Gasteiger partial charge on any atom is -0.342 e. The molecule has 0 radical (unpaired) electrons. The second kappa shape index (κ2) is 5.95. The highest BCUT2D eigenvalue weighted by molar-refractivity contribution is 6.01. The van der Waals surface area contributed by atoms with Crippen molar-refractivity contribution in [2.24, 2.45) is 28.1 Å².